The van der Waals surface area contributed by atoms with E-state index >= 15 is 0 Å². The van der Waals surface area contributed by atoms with Crippen molar-refractivity contribution in [3.63, 3.8) is 0 Å². The Morgan fingerprint density at radius 1 is 1.50 bits per heavy atom. The summed E-state index contributed by atoms with van der Waals surface area (Å²) in [7, 11) is 0. The molecule has 1 aromatic heterocycles. The van der Waals surface area contributed by atoms with Crippen LogP contribution in [0.1, 0.15) is 35.5 Å². The number of nitrogens with zero attached hydrogens (tertiary/aromatic N) is 2. The van der Waals surface area contributed by atoms with Crippen LogP contribution in [-0.2, 0) is 4.74 Å². The number of hydrogen-bond acceptors (Lipinski definition) is 4. The third-order valence-electron chi connectivity index (χ3n) is 3.57. The van der Waals surface area contributed by atoms with E-state index in [1.807, 2.05) is 11.8 Å². The lowest BCUT2D eigenvalue weighted by atomic mass is 10.1. The quantitative estimate of drug-likeness (QED) is 0.815. The molecular weight excluding hydrogens is 232 g/mol. The predicted octanol–water partition coefficient (Wildman–Crippen LogP) is 1.62. The normalized spacial score (nSPS) is 23.3. The van der Waals surface area contributed by atoms with E-state index in [0.717, 1.165) is 44.7 Å². The molecule has 0 spiro atoms. The zero-order valence-corrected chi connectivity index (χ0v) is 10.6. The smallest absolute Gasteiger partial charge is 0.292 e. The molecule has 0 N–H and O–H groups in total. The summed E-state index contributed by atoms with van der Waals surface area (Å²) in [5, 5.41) is 3.78. The molecule has 2 fully saturated rings. The number of aryl methyl sites for hydroxylation is 1. The van der Waals surface area contributed by atoms with Crippen molar-refractivity contribution in [2.45, 2.75) is 32.2 Å². The van der Waals surface area contributed by atoms with E-state index in [9.17, 15) is 4.79 Å². The summed E-state index contributed by atoms with van der Waals surface area (Å²) < 4.78 is 10.5. The minimum atomic E-state index is -0.0231. The van der Waals surface area contributed by atoms with Gasteiger partial charge < -0.3 is 14.2 Å². The van der Waals surface area contributed by atoms with E-state index in [1.165, 1.54) is 0 Å². The lowest BCUT2D eigenvalue weighted by Crippen LogP contribution is -2.37. The summed E-state index contributed by atoms with van der Waals surface area (Å²) in [4.78, 5) is 14.3. The van der Waals surface area contributed by atoms with Gasteiger partial charge in [0.25, 0.3) is 5.91 Å². The van der Waals surface area contributed by atoms with Crippen LogP contribution in [0.4, 0.5) is 0 Å². The maximum Gasteiger partial charge on any atom is 0.292 e. The standard InChI is InChI=1S/C13H18N2O3/c1-9-6-12(18-14-9)13(16)15(11-2-3-11)7-10-4-5-17-8-10/h6,10-11H,2-5,7-8H2,1H3/t10-/m1/s1. The Morgan fingerprint density at radius 3 is 2.89 bits per heavy atom. The van der Waals surface area contributed by atoms with Crippen molar-refractivity contribution >= 4 is 5.91 Å². The lowest BCUT2D eigenvalue weighted by molar-refractivity contribution is 0.0664. The molecule has 18 heavy (non-hydrogen) atoms. The number of carbonyl (C=O) groups excluding carboxylic acids is 1. The Hall–Kier alpha value is -1.36. The molecule has 98 valence electrons. The molecule has 1 saturated carbocycles. The largest absolute Gasteiger partial charge is 0.381 e. The Balaban J connectivity index is 1.70. The first-order valence-electron chi connectivity index (χ1n) is 6.56. The van der Waals surface area contributed by atoms with Crippen LogP contribution in [0.2, 0.25) is 0 Å². The second-order valence-corrected chi connectivity index (χ2v) is 5.25. The SMILES string of the molecule is Cc1cc(C(=O)N(C[C@H]2CCOC2)C2CC2)on1. The Bertz CT molecular complexity index is 433. The number of aromatic nitrogens is 1. The van der Waals surface area contributed by atoms with Crippen molar-refractivity contribution in [3.05, 3.63) is 17.5 Å². The van der Waals surface area contributed by atoms with Gasteiger partial charge in [0.05, 0.1) is 12.3 Å². The van der Waals surface area contributed by atoms with Crippen LogP contribution < -0.4 is 0 Å². The summed E-state index contributed by atoms with van der Waals surface area (Å²) in [5.41, 5.74) is 0.748. The molecule has 1 aliphatic heterocycles. The molecule has 1 aliphatic carbocycles. The van der Waals surface area contributed by atoms with E-state index in [4.69, 9.17) is 9.26 Å². The molecule has 0 unspecified atom stereocenters. The van der Waals surface area contributed by atoms with Crippen molar-refractivity contribution in [1.82, 2.24) is 10.1 Å². The minimum absolute atomic E-state index is 0.0231. The molecule has 2 aliphatic rings. The Labute approximate surface area is 106 Å². The molecule has 0 radical (unpaired) electrons. The highest BCUT2D eigenvalue weighted by Crippen LogP contribution is 2.30. The minimum Gasteiger partial charge on any atom is -0.381 e. The van der Waals surface area contributed by atoms with Gasteiger partial charge in [-0.15, -0.1) is 0 Å². The van der Waals surface area contributed by atoms with Gasteiger partial charge in [-0.2, -0.15) is 0 Å². The number of rotatable bonds is 4. The van der Waals surface area contributed by atoms with E-state index in [-0.39, 0.29) is 5.91 Å². The first-order chi connectivity index (χ1) is 8.74. The van der Waals surface area contributed by atoms with E-state index in [1.54, 1.807) is 6.07 Å². The fourth-order valence-electron chi connectivity index (χ4n) is 2.40. The van der Waals surface area contributed by atoms with E-state index in [0.29, 0.717) is 17.7 Å². The van der Waals surface area contributed by atoms with Gasteiger partial charge in [-0.05, 0) is 26.2 Å². The van der Waals surface area contributed by atoms with Crippen molar-refractivity contribution in [2.24, 2.45) is 5.92 Å². The third kappa shape index (κ3) is 2.41. The summed E-state index contributed by atoms with van der Waals surface area (Å²) >= 11 is 0. The molecule has 5 heteroatoms. The number of ether oxygens (including phenoxy) is 1. The van der Waals surface area contributed by atoms with Gasteiger partial charge in [-0.3, -0.25) is 4.79 Å². The highest BCUT2D eigenvalue weighted by molar-refractivity contribution is 5.91. The zero-order valence-electron chi connectivity index (χ0n) is 10.6. The van der Waals surface area contributed by atoms with Gasteiger partial charge in [-0.25, -0.2) is 0 Å². The van der Waals surface area contributed by atoms with Crippen LogP contribution in [0.5, 0.6) is 0 Å². The molecule has 1 amide bonds. The molecule has 1 atom stereocenters. The molecule has 5 nitrogen and oxygen atoms in total. The van der Waals surface area contributed by atoms with Crippen LogP contribution >= 0.6 is 0 Å². The summed E-state index contributed by atoms with van der Waals surface area (Å²) in [5.74, 6) is 0.807. The second-order valence-electron chi connectivity index (χ2n) is 5.25. The molecule has 2 heterocycles. The maximum absolute atomic E-state index is 12.4. The Kier molecular flexibility index (Phi) is 3.07. The molecular formula is C13H18N2O3. The summed E-state index contributed by atoms with van der Waals surface area (Å²) in [6, 6.07) is 2.10. The highest BCUT2D eigenvalue weighted by atomic mass is 16.5. The molecule has 1 saturated heterocycles. The zero-order chi connectivity index (χ0) is 12.5. The molecule has 3 rings (SSSR count). The predicted molar refractivity (Wildman–Crippen MR) is 64.2 cm³/mol. The second kappa shape index (κ2) is 4.72. The van der Waals surface area contributed by atoms with Crippen molar-refractivity contribution < 1.29 is 14.1 Å². The molecule has 1 aromatic rings. The fourth-order valence-corrected chi connectivity index (χ4v) is 2.40. The van der Waals surface area contributed by atoms with E-state index in [2.05, 4.69) is 5.16 Å². The van der Waals surface area contributed by atoms with Crippen LogP contribution in [0.3, 0.4) is 0 Å². The van der Waals surface area contributed by atoms with Crippen LogP contribution in [0.25, 0.3) is 0 Å². The van der Waals surface area contributed by atoms with Gasteiger partial charge >= 0.3 is 0 Å². The molecule has 0 aromatic carbocycles. The van der Waals surface area contributed by atoms with Crippen molar-refractivity contribution in [1.29, 1.82) is 0 Å². The average Bonchev–Trinajstić information content (AvgIpc) is 2.88. The van der Waals surface area contributed by atoms with Crippen LogP contribution in [0.15, 0.2) is 10.6 Å². The van der Waals surface area contributed by atoms with E-state index < -0.39 is 0 Å². The first-order valence-corrected chi connectivity index (χ1v) is 6.56. The first kappa shape index (κ1) is 11.7. The topological polar surface area (TPSA) is 55.6 Å². The Morgan fingerprint density at radius 2 is 2.33 bits per heavy atom. The monoisotopic (exact) mass is 250 g/mol. The number of amides is 1. The lowest BCUT2D eigenvalue weighted by Gasteiger charge is -2.23. The van der Waals surface area contributed by atoms with Gasteiger partial charge in [0.15, 0.2) is 0 Å². The number of carbonyl (C=O) groups is 1. The van der Waals surface area contributed by atoms with Gasteiger partial charge in [-0.1, -0.05) is 5.16 Å². The number of hydrogen-bond donors (Lipinski definition) is 0. The fraction of sp³-hybridized carbons (Fsp3) is 0.692. The average molecular weight is 250 g/mol. The summed E-state index contributed by atoms with van der Waals surface area (Å²) in [6.45, 7) is 4.19. The van der Waals surface area contributed by atoms with Crippen molar-refractivity contribution in [2.75, 3.05) is 19.8 Å². The van der Waals surface area contributed by atoms with Crippen LogP contribution in [-0.4, -0.2) is 41.8 Å². The van der Waals surface area contributed by atoms with Gasteiger partial charge in [0.2, 0.25) is 5.76 Å². The third-order valence-corrected chi connectivity index (χ3v) is 3.57. The van der Waals surface area contributed by atoms with Gasteiger partial charge in [0, 0.05) is 31.2 Å². The maximum atomic E-state index is 12.4. The van der Waals surface area contributed by atoms with Crippen LogP contribution in [0, 0.1) is 12.8 Å². The van der Waals surface area contributed by atoms with Gasteiger partial charge in [0.1, 0.15) is 0 Å². The summed E-state index contributed by atoms with van der Waals surface area (Å²) in [6.07, 6.45) is 3.25. The van der Waals surface area contributed by atoms with Crippen molar-refractivity contribution in [3.8, 4) is 0 Å². The highest BCUT2D eigenvalue weighted by Gasteiger charge is 2.36. The molecule has 0 bridgehead atoms.